The highest BCUT2D eigenvalue weighted by atomic mass is 32.2. The van der Waals surface area contributed by atoms with Gasteiger partial charge in [0.05, 0.1) is 12.8 Å². The zero-order valence-electron chi connectivity index (χ0n) is 13.0. The molecule has 1 N–H and O–H groups in total. The first-order valence-corrected chi connectivity index (χ1v) is 8.43. The third-order valence-corrected chi connectivity index (χ3v) is 4.56. The monoisotopic (exact) mass is 312 g/mol. The maximum absolute atomic E-state index is 12.0. The Bertz CT molecular complexity index is 473. The van der Waals surface area contributed by atoms with Crippen LogP contribution < -0.4 is 5.32 Å². The first kappa shape index (κ1) is 16.4. The SMILES string of the molecule is COC(=O)C(C)(CCCCSc1nc(C)co1)NC1CC1. The molecule has 0 aliphatic heterocycles. The molecule has 1 atom stereocenters. The van der Waals surface area contributed by atoms with E-state index in [1.54, 1.807) is 18.0 Å². The van der Waals surface area contributed by atoms with E-state index in [1.807, 2.05) is 13.8 Å². The van der Waals surface area contributed by atoms with E-state index >= 15 is 0 Å². The maximum Gasteiger partial charge on any atom is 0.325 e. The summed E-state index contributed by atoms with van der Waals surface area (Å²) in [5.41, 5.74) is 0.351. The summed E-state index contributed by atoms with van der Waals surface area (Å²) in [6, 6.07) is 0.485. The van der Waals surface area contributed by atoms with Gasteiger partial charge >= 0.3 is 5.97 Å². The number of oxazole rings is 1. The molecule has 0 aromatic carbocycles. The van der Waals surface area contributed by atoms with E-state index in [0.717, 1.165) is 48.8 Å². The third kappa shape index (κ3) is 5.04. The van der Waals surface area contributed by atoms with Gasteiger partial charge in [0.1, 0.15) is 11.8 Å². The molecular weight excluding hydrogens is 288 g/mol. The van der Waals surface area contributed by atoms with Crippen LogP contribution in [0.2, 0.25) is 0 Å². The summed E-state index contributed by atoms with van der Waals surface area (Å²) in [5.74, 6) is 0.783. The number of aromatic nitrogens is 1. The highest BCUT2D eigenvalue weighted by Gasteiger charge is 2.38. The van der Waals surface area contributed by atoms with E-state index in [-0.39, 0.29) is 5.97 Å². The lowest BCUT2D eigenvalue weighted by Crippen LogP contribution is -2.51. The number of carbonyl (C=O) groups excluding carboxylic acids is 1. The van der Waals surface area contributed by atoms with Gasteiger partial charge in [-0.1, -0.05) is 18.2 Å². The molecule has 0 saturated heterocycles. The topological polar surface area (TPSA) is 64.4 Å². The fourth-order valence-corrected chi connectivity index (χ4v) is 3.12. The average molecular weight is 312 g/mol. The van der Waals surface area contributed by atoms with Crippen molar-refractivity contribution in [3.05, 3.63) is 12.0 Å². The first-order chi connectivity index (χ1) is 10.0. The lowest BCUT2D eigenvalue weighted by Gasteiger charge is -2.28. The van der Waals surface area contributed by atoms with Crippen LogP contribution in [0.4, 0.5) is 0 Å². The second-order valence-corrected chi connectivity index (χ2v) is 6.85. The third-order valence-electron chi connectivity index (χ3n) is 3.63. The number of carbonyl (C=O) groups is 1. The maximum atomic E-state index is 12.0. The summed E-state index contributed by atoms with van der Waals surface area (Å²) < 4.78 is 10.2. The Morgan fingerprint density at radius 3 is 2.90 bits per heavy atom. The van der Waals surface area contributed by atoms with E-state index in [4.69, 9.17) is 9.15 Å². The molecule has 1 unspecified atom stereocenters. The summed E-state index contributed by atoms with van der Waals surface area (Å²) >= 11 is 1.62. The summed E-state index contributed by atoms with van der Waals surface area (Å²) in [5, 5.41) is 4.14. The van der Waals surface area contributed by atoms with Crippen LogP contribution in [0.1, 0.15) is 44.7 Å². The summed E-state index contributed by atoms with van der Waals surface area (Å²) in [7, 11) is 1.45. The molecule has 1 saturated carbocycles. The molecule has 21 heavy (non-hydrogen) atoms. The standard InChI is InChI=1S/C15H24N2O3S/c1-11-10-20-14(16-11)21-9-5-4-8-15(2,13(18)19-3)17-12-6-7-12/h10,12,17H,4-9H2,1-3H3. The summed E-state index contributed by atoms with van der Waals surface area (Å²) in [6.07, 6.45) is 6.76. The minimum absolute atomic E-state index is 0.162. The molecule has 0 radical (unpaired) electrons. The predicted molar refractivity (Wildman–Crippen MR) is 82.4 cm³/mol. The Morgan fingerprint density at radius 2 is 2.33 bits per heavy atom. The van der Waals surface area contributed by atoms with Crippen molar-refractivity contribution in [2.45, 2.75) is 62.8 Å². The Balaban J connectivity index is 1.70. The molecular formula is C15H24N2O3S. The minimum Gasteiger partial charge on any atom is -0.468 e. The van der Waals surface area contributed by atoms with E-state index < -0.39 is 5.54 Å². The molecule has 2 rings (SSSR count). The molecule has 1 fully saturated rings. The number of nitrogens with zero attached hydrogens (tertiary/aromatic N) is 1. The molecule has 0 spiro atoms. The lowest BCUT2D eigenvalue weighted by molar-refractivity contribution is -0.148. The van der Waals surface area contributed by atoms with Gasteiger partial charge in [-0.05, 0) is 39.5 Å². The van der Waals surface area contributed by atoms with Crippen molar-refractivity contribution < 1.29 is 13.9 Å². The summed E-state index contributed by atoms with van der Waals surface area (Å²) in [4.78, 5) is 16.2. The van der Waals surface area contributed by atoms with Crippen LogP contribution in [0.5, 0.6) is 0 Å². The van der Waals surface area contributed by atoms with Crippen LogP contribution in [0.25, 0.3) is 0 Å². The van der Waals surface area contributed by atoms with E-state index in [1.165, 1.54) is 7.11 Å². The molecule has 6 heteroatoms. The molecule has 1 heterocycles. The number of hydrogen-bond acceptors (Lipinski definition) is 6. The smallest absolute Gasteiger partial charge is 0.325 e. The van der Waals surface area contributed by atoms with E-state index in [9.17, 15) is 4.79 Å². The van der Waals surface area contributed by atoms with Gasteiger partial charge in [-0.2, -0.15) is 0 Å². The second-order valence-electron chi connectivity index (χ2n) is 5.80. The van der Waals surface area contributed by atoms with Gasteiger partial charge in [0.15, 0.2) is 0 Å². The number of rotatable bonds is 9. The number of esters is 1. The van der Waals surface area contributed by atoms with Crippen molar-refractivity contribution in [2.75, 3.05) is 12.9 Å². The first-order valence-electron chi connectivity index (χ1n) is 7.44. The Labute approximate surface area is 130 Å². The average Bonchev–Trinajstić information content (AvgIpc) is 3.17. The van der Waals surface area contributed by atoms with Gasteiger partial charge in [0, 0.05) is 11.8 Å². The Kier molecular flexibility index (Phi) is 5.70. The fourth-order valence-electron chi connectivity index (χ4n) is 2.28. The lowest BCUT2D eigenvalue weighted by atomic mass is 9.95. The normalized spacial score (nSPS) is 17.5. The number of thioether (sulfide) groups is 1. The highest BCUT2D eigenvalue weighted by Crippen LogP contribution is 2.26. The van der Waals surface area contributed by atoms with Crippen molar-refractivity contribution in [3.8, 4) is 0 Å². The van der Waals surface area contributed by atoms with Crippen LogP contribution in [0.3, 0.4) is 0 Å². The zero-order chi connectivity index (χ0) is 15.3. The van der Waals surface area contributed by atoms with Crippen molar-refractivity contribution in [1.82, 2.24) is 10.3 Å². The van der Waals surface area contributed by atoms with Crippen LogP contribution in [-0.2, 0) is 9.53 Å². The van der Waals surface area contributed by atoms with Gasteiger partial charge in [0.2, 0.25) is 0 Å². The van der Waals surface area contributed by atoms with Crippen molar-refractivity contribution in [3.63, 3.8) is 0 Å². The van der Waals surface area contributed by atoms with Crippen LogP contribution in [-0.4, -0.2) is 35.4 Å². The number of methoxy groups -OCH3 is 1. The van der Waals surface area contributed by atoms with E-state index in [0.29, 0.717) is 6.04 Å². The molecule has 5 nitrogen and oxygen atoms in total. The van der Waals surface area contributed by atoms with Crippen molar-refractivity contribution in [1.29, 1.82) is 0 Å². The van der Waals surface area contributed by atoms with Crippen LogP contribution in [0, 0.1) is 6.92 Å². The molecule has 1 aliphatic rings. The van der Waals surface area contributed by atoms with Gasteiger partial charge in [0.25, 0.3) is 5.22 Å². The second kappa shape index (κ2) is 7.31. The molecule has 0 bridgehead atoms. The number of aryl methyl sites for hydroxylation is 1. The number of unbranched alkanes of at least 4 members (excludes halogenated alkanes) is 1. The summed E-state index contributed by atoms with van der Waals surface area (Å²) in [6.45, 7) is 3.86. The van der Waals surface area contributed by atoms with Crippen LogP contribution >= 0.6 is 11.8 Å². The fraction of sp³-hybridized carbons (Fsp3) is 0.733. The largest absolute Gasteiger partial charge is 0.468 e. The zero-order valence-corrected chi connectivity index (χ0v) is 13.8. The van der Waals surface area contributed by atoms with Gasteiger partial charge < -0.3 is 9.15 Å². The van der Waals surface area contributed by atoms with E-state index in [2.05, 4.69) is 10.3 Å². The van der Waals surface area contributed by atoms with Gasteiger partial charge in [-0.3, -0.25) is 10.1 Å². The Morgan fingerprint density at radius 1 is 1.57 bits per heavy atom. The predicted octanol–water partition coefficient (Wildman–Crippen LogP) is 2.93. The quantitative estimate of drug-likeness (QED) is 0.430. The van der Waals surface area contributed by atoms with Gasteiger partial charge in [-0.15, -0.1) is 0 Å². The number of hydrogen-bond donors (Lipinski definition) is 1. The molecule has 1 aliphatic carbocycles. The minimum atomic E-state index is -0.555. The highest BCUT2D eigenvalue weighted by molar-refractivity contribution is 7.99. The Hall–Kier alpha value is -1.01. The van der Waals surface area contributed by atoms with Crippen LogP contribution in [0.15, 0.2) is 15.9 Å². The van der Waals surface area contributed by atoms with Crippen molar-refractivity contribution >= 4 is 17.7 Å². The molecule has 1 aromatic heterocycles. The van der Waals surface area contributed by atoms with Gasteiger partial charge in [-0.25, -0.2) is 4.98 Å². The molecule has 0 amide bonds. The number of nitrogens with one attached hydrogen (secondary N) is 1. The molecule has 1 aromatic rings. The molecule has 118 valence electrons. The number of ether oxygens (including phenoxy) is 1. The van der Waals surface area contributed by atoms with Crippen molar-refractivity contribution in [2.24, 2.45) is 0 Å².